The Morgan fingerprint density at radius 1 is 1.00 bits per heavy atom. The highest BCUT2D eigenvalue weighted by molar-refractivity contribution is 6.02. The number of hydrogen-bond donors (Lipinski definition) is 1. The van der Waals surface area contributed by atoms with Gasteiger partial charge in [-0.25, -0.2) is 9.97 Å². The summed E-state index contributed by atoms with van der Waals surface area (Å²) in [5.41, 5.74) is 2.46. The van der Waals surface area contributed by atoms with E-state index in [9.17, 15) is 18.0 Å². The molecule has 178 valence electrons. The number of nitrogens with zero attached hydrogens (tertiary/aromatic N) is 3. The van der Waals surface area contributed by atoms with Crippen molar-refractivity contribution in [1.29, 1.82) is 0 Å². The summed E-state index contributed by atoms with van der Waals surface area (Å²) in [6.07, 6.45) is -2.53. The summed E-state index contributed by atoms with van der Waals surface area (Å²) in [6.45, 7) is 3.73. The fourth-order valence-electron chi connectivity index (χ4n) is 4.48. The van der Waals surface area contributed by atoms with E-state index in [0.717, 1.165) is 49.2 Å². The third-order valence-electron chi connectivity index (χ3n) is 6.29. The van der Waals surface area contributed by atoms with E-state index in [2.05, 4.69) is 32.0 Å². The molecule has 1 N–H and O–H groups in total. The molecule has 1 aliphatic carbocycles. The van der Waals surface area contributed by atoms with Crippen molar-refractivity contribution in [2.75, 3.05) is 31.1 Å². The van der Waals surface area contributed by atoms with E-state index in [1.807, 2.05) is 30.3 Å². The summed E-state index contributed by atoms with van der Waals surface area (Å²) in [5.74, 6) is 5.57. The molecule has 1 aliphatic heterocycles. The summed E-state index contributed by atoms with van der Waals surface area (Å²) in [5, 5.41) is 3.32. The molecule has 1 fully saturated rings. The lowest BCUT2D eigenvalue weighted by molar-refractivity contribution is -0.138. The molecule has 0 unspecified atom stereocenters. The zero-order valence-corrected chi connectivity index (χ0v) is 19.0. The molecule has 2 aliphatic rings. The number of anilines is 1. The Bertz CT molecular complexity index is 1320. The lowest BCUT2D eigenvalue weighted by Gasteiger charge is -2.29. The summed E-state index contributed by atoms with van der Waals surface area (Å²) >= 11 is 0. The highest BCUT2D eigenvalue weighted by atomic mass is 19.4. The molecule has 2 heterocycles. The third-order valence-corrected chi connectivity index (χ3v) is 6.29. The predicted molar refractivity (Wildman–Crippen MR) is 126 cm³/mol. The number of halogens is 3. The van der Waals surface area contributed by atoms with Crippen molar-refractivity contribution >= 4 is 11.5 Å². The topological polar surface area (TPSA) is 58.1 Å². The van der Waals surface area contributed by atoms with Gasteiger partial charge in [-0.3, -0.25) is 4.79 Å². The SMILES string of the molecule is O=C1CCc2cccc(C#Cc3nc(Cc4ccc(N5CCNCC5)cc4)ncc3C(F)(F)F)c21. The molecule has 0 amide bonds. The standard InChI is InChI=1S/C27H23F3N4O/c28-27(29,30)22-17-32-25(16-18-4-8-21(9-5-18)34-14-12-31-13-15-34)33-23(22)10-6-19-2-1-3-20-7-11-24(35)26(19)20/h1-5,8-9,17,31H,7,11-16H2. The van der Waals surface area contributed by atoms with Crippen LogP contribution in [0.15, 0.2) is 48.7 Å². The molecular formula is C27H23F3N4O. The van der Waals surface area contributed by atoms with Crippen molar-refractivity contribution in [1.82, 2.24) is 15.3 Å². The van der Waals surface area contributed by atoms with Gasteiger partial charge in [-0.1, -0.05) is 30.2 Å². The van der Waals surface area contributed by atoms with Gasteiger partial charge in [0.2, 0.25) is 0 Å². The number of hydrogen-bond acceptors (Lipinski definition) is 5. The van der Waals surface area contributed by atoms with Gasteiger partial charge in [-0.05, 0) is 41.7 Å². The first-order chi connectivity index (χ1) is 16.9. The first-order valence-corrected chi connectivity index (χ1v) is 11.5. The molecule has 2 aromatic carbocycles. The zero-order valence-electron chi connectivity index (χ0n) is 19.0. The number of alkyl halides is 3. The molecule has 1 aromatic heterocycles. The average Bonchev–Trinajstić information content (AvgIpc) is 3.24. The number of nitrogens with one attached hydrogen (secondary N) is 1. The minimum absolute atomic E-state index is 0.0337. The molecule has 0 saturated carbocycles. The van der Waals surface area contributed by atoms with Gasteiger partial charge in [0.15, 0.2) is 5.78 Å². The van der Waals surface area contributed by atoms with Crippen LogP contribution in [0.1, 0.15) is 50.6 Å². The van der Waals surface area contributed by atoms with Gasteiger partial charge in [-0.2, -0.15) is 13.2 Å². The Labute approximate surface area is 201 Å². The van der Waals surface area contributed by atoms with Crippen LogP contribution in [-0.2, 0) is 19.0 Å². The second-order valence-electron chi connectivity index (χ2n) is 8.64. The quantitative estimate of drug-likeness (QED) is 0.579. The maximum absolute atomic E-state index is 13.6. The van der Waals surface area contributed by atoms with Crippen molar-refractivity contribution in [3.63, 3.8) is 0 Å². The smallest absolute Gasteiger partial charge is 0.369 e. The van der Waals surface area contributed by atoms with E-state index in [0.29, 0.717) is 24.0 Å². The lowest BCUT2D eigenvalue weighted by Crippen LogP contribution is -2.43. The molecule has 5 rings (SSSR count). The molecule has 0 spiro atoms. The van der Waals surface area contributed by atoms with Gasteiger partial charge >= 0.3 is 6.18 Å². The van der Waals surface area contributed by atoms with Gasteiger partial charge in [0.25, 0.3) is 0 Å². The minimum atomic E-state index is -4.64. The van der Waals surface area contributed by atoms with Gasteiger partial charge < -0.3 is 10.2 Å². The van der Waals surface area contributed by atoms with Crippen LogP contribution >= 0.6 is 0 Å². The maximum Gasteiger partial charge on any atom is 0.420 e. The second kappa shape index (κ2) is 9.51. The Kier molecular flexibility index (Phi) is 6.27. The van der Waals surface area contributed by atoms with Crippen molar-refractivity contribution < 1.29 is 18.0 Å². The van der Waals surface area contributed by atoms with Crippen LogP contribution in [0.25, 0.3) is 0 Å². The number of aromatic nitrogens is 2. The van der Waals surface area contributed by atoms with Crippen LogP contribution < -0.4 is 10.2 Å². The van der Waals surface area contributed by atoms with Crippen LogP contribution in [0, 0.1) is 11.8 Å². The fraction of sp³-hybridized carbons (Fsp3) is 0.296. The van der Waals surface area contributed by atoms with Crippen LogP contribution in [0.3, 0.4) is 0 Å². The number of piperazine rings is 1. The molecule has 8 heteroatoms. The number of rotatable bonds is 3. The number of Topliss-reactive ketones (excluding diaryl/α,β-unsaturated/α-hetero) is 1. The first-order valence-electron chi connectivity index (χ1n) is 11.5. The number of ketones is 1. The van der Waals surface area contributed by atoms with E-state index in [4.69, 9.17) is 0 Å². The number of fused-ring (bicyclic) bond motifs is 1. The van der Waals surface area contributed by atoms with Crippen LogP contribution in [0.5, 0.6) is 0 Å². The summed E-state index contributed by atoms with van der Waals surface area (Å²) in [4.78, 5) is 22.6. The van der Waals surface area contributed by atoms with Gasteiger partial charge in [-0.15, -0.1) is 0 Å². The van der Waals surface area contributed by atoms with E-state index in [1.54, 1.807) is 12.1 Å². The highest BCUT2D eigenvalue weighted by Gasteiger charge is 2.35. The zero-order chi connectivity index (χ0) is 24.4. The molecule has 3 aromatic rings. The van der Waals surface area contributed by atoms with Crippen LogP contribution in [0.4, 0.5) is 18.9 Å². The van der Waals surface area contributed by atoms with Crippen molar-refractivity contribution in [2.24, 2.45) is 0 Å². The normalized spacial score (nSPS) is 15.5. The Morgan fingerprint density at radius 3 is 2.51 bits per heavy atom. The molecule has 0 atom stereocenters. The number of carbonyl (C=O) groups excluding carboxylic acids is 1. The maximum atomic E-state index is 13.6. The van der Waals surface area contributed by atoms with E-state index in [-0.39, 0.29) is 23.7 Å². The predicted octanol–water partition coefficient (Wildman–Crippen LogP) is 4.02. The van der Waals surface area contributed by atoms with Crippen molar-refractivity contribution in [2.45, 2.75) is 25.4 Å². The molecule has 1 saturated heterocycles. The van der Waals surface area contributed by atoms with Crippen molar-refractivity contribution in [3.05, 3.63) is 88.0 Å². The molecule has 5 nitrogen and oxygen atoms in total. The lowest BCUT2D eigenvalue weighted by atomic mass is 10.0. The Morgan fingerprint density at radius 2 is 1.77 bits per heavy atom. The average molecular weight is 477 g/mol. The molecule has 0 radical (unpaired) electrons. The largest absolute Gasteiger partial charge is 0.420 e. The number of carbonyl (C=O) groups is 1. The molecule has 0 bridgehead atoms. The van der Waals surface area contributed by atoms with E-state index < -0.39 is 11.7 Å². The monoisotopic (exact) mass is 476 g/mol. The van der Waals surface area contributed by atoms with Crippen LogP contribution in [-0.4, -0.2) is 41.9 Å². The van der Waals surface area contributed by atoms with Crippen molar-refractivity contribution in [3.8, 4) is 11.8 Å². The summed E-state index contributed by atoms with van der Waals surface area (Å²) < 4.78 is 40.9. The Hall–Kier alpha value is -3.70. The fourth-order valence-corrected chi connectivity index (χ4v) is 4.48. The van der Waals surface area contributed by atoms with E-state index in [1.165, 1.54) is 0 Å². The van der Waals surface area contributed by atoms with E-state index >= 15 is 0 Å². The number of aryl methyl sites for hydroxylation is 1. The highest BCUT2D eigenvalue weighted by Crippen LogP contribution is 2.31. The molecular weight excluding hydrogens is 453 g/mol. The first kappa shape index (κ1) is 23.1. The number of benzene rings is 2. The van der Waals surface area contributed by atoms with Gasteiger partial charge in [0.05, 0.1) is 0 Å². The third kappa shape index (κ3) is 5.05. The summed E-state index contributed by atoms with van der Waals surface area (Å²) in [7, 11) is 0. The second-order valence-corrected chi connectivity index (χ2v) is 8.64. The summed E-state index contributed by atoms with van der Waals surface area (Å²) in [6, 6.07) is 13.2. The van der Waals surface area contributed by atoms with Gasteiger partial charge in [0.1, 0.15) is 17.1 Å². The molecule has 35 heavy (non-hydrogen) atoms. The minimum Gasteiger partial charge on any atom is -0.369 e. The Balaban J connectivity index is 1.42. The van der Waals surface area contributed by atoms with Gasteiger partial charge in [0, 0.05) is 62.0 Å². The van der Waals surface area contributed by atoms with Crippen LogP contribution in [0.2, 0.25) is 0 Å².